The second-order valence-corrected chi connectivity index (χ2v) is 8.52. The van der Waals surface area contributed by atoms with Gasteiger partial charge in [-0.2, -0.15) is 0 Å². The van der Waals surface area contributed by atoms with Gasteiger partial charge in [-0.15, -0.1) is 6.58 Å². The highest BCUT2D eigenvalue weighted by molar-refractivity contribution is 5.85. The number of fused-ring (bicyclic) bond motifs is 3. The molecule has 178 valence electrons. The van der Waals surface area contributed by atoms with E-state index in [1.165, 1.54) is 6.08 Å². The first kappa shape index (κ1) is 23.5. The molecule has 0 radical (unpaired) electrons. The topological polar surface area (TPSA) is 114 Å². The number of aliphatic carboxylic acids is 1. The Labute approximate surface area is 198 Å². The fourth-order valence-electron chi connectivity index (χ4n) is 4.55. The van der Waals surface area contributed by atoms with Crippen LogP contribution in [0.15, 0.2) is 61.2 Å². The molecule has 1 unspecified atom stereocenters. The zero-order valence-electron chi connectivity index (χ0n) is 18.7. The van der Waals surface area contributed by atoms with Gasteiger partial charge in [0.1, 0.15) is 12.6 Å². The van der Waals surface area contributed by atoms with Crippen LogP contribution in [0.3, 0.4) is 0 Å². The highest BCUT2D eigenvalue weighted by Gasteiger charge is 2.33. The zero-order chi connectivity index (χ0) is 24.1. The molecule has 0 aromatic heterocycles. The van der Waals surface area contributed by atoms with Crippen molar-refractivity contribution in [1.29, 1.82) is 0 Å². The SMILES string of the molecule is C=CCC(NC(=O)[C@@H]1CO[C@H](CNC(=O)OCC2c3ccccc3-c3ccccc32)C1)C(=O)O. The first-order valence-electron chi connectivity index (χ1n) is 11.3. The maximum absolute atomic E-state index is 12.4. The van der Waals surface area contributed by atoms with Crippen molar-refractivity contribution in [2.75, 3.05) is 19.8 Å². The van der Waals surface area contributed by atoms with Crippen molar-refractivity contribution in [3.05, 3.63) is 72.3 Å². The number of carboxylic acids is 1. The second-order valence-electron chi connectivity index (χ2n) is 8.52. The molecule has 1 fully saturated rings. The van der Waals surface area contributed by atoms with Gasteiger partial charge in [0, 0.05) is 12.5 Å². The predicted octanol–water partition coefficient (Wildman–Crippen LogP) is 3.08. The highest BCUT2D eigenvalue weighted by Crippen LogP contribution is 2.44. The first-order valence-corrected chi connectivity index (χ1v) is 11.3. The molecule has 0 spiro atoms. The Bertz CT molecular complexity index is 1040. The summed E-state index contributed by atoms with van der Waals surface area (Å²) >= 11 is 0. The summed E-state index contributed by atoms with van der Waals surface area (Å²) in [4.78, 5) is 35.9. The first-order chi connectivity index (χ1) is 16.5. The van der Waals surface area contributed by atoms with Gasteiger partial charge in [-0.25, -0.2) is 9.59 Å². The molecular formula is C26H28N2O6. The normalized spacial score (nSPS) is 19.5. The van der Waals surface area contributed by atoms with E-state index in [1.807, 2.05) is 24.3 Å². The largest absolute Gasteiger partial charge is 0.480 e. The number of ether oxygens (including phenoxy) is 2. The Kier molecular flexibility index (Phi) is 7.27. The Balaban J connectivity index is 1.24. The van der Waals surface area contributed by atoms with Crippen molar-refractivity contribution in [3.8, 4) is 11.1 Å². The number of alkyl carbamates (subject to hydrolysis) is 1. The summed E-state index contributed by atoms with van der Waals surface area (Å²) in [6.45, 7) is 4.10. The molecule has 0 bridgehead atoms. The summed E-state index contributed by atoms with van der Waals surface area (Å²) in [6, 6.07) is 15.2. The maximum atomic E-state index is 12.4. The number of amides is 2. The molecule has 3 atom stereocenters. The van der Waals surface area contributed by atoms with Gasteiger partial charge in [0.2, 0.25) is 5.91 Å². The molecule has 1 aliphatic heterocycles. The van der Waals surface area contributed by atoms with Crippen molar-refractivity contribution in [2.24, 2.45) is 5.92 Å². The molecule has 8 heteroatoms. The monoisotopic (exact) mass is 464 g/mol. The van der Waals surface area contributed by atoms with E-state index in [-0.39, 0.29) is 44.1 Å². The molecule has 0 saturated carbocycles. The van der Waals surface area contributed by atoms with E-state index < -0.39 is 24.0 Å². The molecule has 2 aromatic rings. The number of hydrogen-bond donors (Lipinski definition) is 3. The van der Waals surface area contributed by atoms with Gasteiger partial charge in [0.15, 0.2) is 0 Å². The molecule has 1 heterocycles. The number of rotatable bonds is 9. The number of hydrogen-bond acceptors (Lipinski definition) is 5. The van der Waals surface area contributed by atoms with E-state index in [9.17, 15) is 19.5 Å². The van der Waals surface area contributed by atoms with E-state index in [4.69, 9.17) is 9.47 Å². The third-order valence-corrected chi connectivity index (χ3v) is 6.29. The van der Waals surface area contributed by atoms with Crippen LogP contribution in [-0.4, -0.2) is 55.0 Å². The van der Waals surface area contributed by atoms with Crippen molar-refractivity contribution in [3.63, 3.8) is 0 Å². The van der Waals surface area contributed by atoms with Gasteiger partial charge in [-0.05, 0) is 35.1 Å². The minimum atomic E-state index is -1.11. The molecule has 1 saturated heterocycles. The number of carbonyl (C=O) groups excluding carboxylic acids is 2. The summed E-state index contributed by atoms with van der Waals surface area (Å²) in [5, 5.41) is 14.4. The molecule has 2 amide bonds. The quantitative estimate of drug-likeness (QED) is 0.492. The number of carboxylic acid groups (broad SMARTS) is 1. The third-order valence-electron chi connectivity index (χ3n) is 6.29. The average molecular weight is 465 g/mol. The van der Waals surface area contributed by atoms with Crippen molar-refractivity contribution in [1.82, 2.24) is 10.6 Å². The number of nitrogens with one attached hydrogen (secondary N) is 2. The predicted molar refractivity (Wildman–Crippen MR) is 125 cm³/mol. The van der Waals surface area contributed by atoms with Gasteiger partial charge >= 0.3 is 12.1 Å². The van der Waals surface area contributed by atoms with Gasteiger partial charge in [-0.3, -0.25) is 4.79 Å². The third kappa shape index (κ3) is 5.12. The standard InChI is InChI=1S/C26H28N2O6/c1-2-7-23(25(30)31)28-24(29)16-12-17(33-14-16)13-27-26(32)34-15-22-20-10-5-3-8-18(20)19-9-4-6-11-21(19)22/h2-6,8-11,16-17,22-23H,1,7,12-15H2,(H,27,32)(H,28,29)(H,30,31)/t16-,17-,23?/m0/s1. The second kappa shape index (κ2) is 10.5. The molecule has 1 aliphatic carbocycles. The lowest BCUT2D eigenvalue weighted by atomic mass is 9.98. The van der Waals surface area contributed by atoms with E-state index in [2.05, 4.69) is 41.5 Å². The van der Waals surface area contributed by atoms with E-state index >= 15 is 0 Å². The van der Waals surface area contributed by atoms with Crippen molar-refractivity contribution < 1.29 is 29.0 Å². The van der Waals surface area contributed by atoms with E-state index in [0.29, 0.717) is 6.42 Å². The van der Waals surface area contributed by atoms with Crippen LogP contribution in [0, 0.1) is 5.92 Å². The number of carbonyl (C=O) groups is 3. The summed E-state index contributed by atoms with van der Waals surface area (Å²) < 4.78 is 11.1. The Hall–Kier alpha value is -3.65. The lowest BCUT2D eigenvalue weighted by molar-refractivity contribution is -0.142. The van der Waals surface area contributed by atoms with Crippen LogP contribution in [0.25, 0.3) is 11.1 Å². The van der Waals surface area contributed by atoms with Crippen LogP contribution in [0.1, 0.15) is 29.9 Å². The van der Waals surface area contributed by atoms with Crippen LogP contribution in [0.2, 0.25) is 0 Å². The number of benzene rings is 2. The molecule has 2 aliphatic rings. The molecule has 34 heavy (non-hydrogen) atoms. The van der Waals surface area contributed by atoms with Gasteiger partial charge in [0.25, 0.3) is 0 Å². The summed E-state index contributed by atoms with van der Waals surface area (Å²) in [5.41, 5.74) is 4.60. The van der Waals surface area contributed by atoms with E-state index in [0.717, 1.165) is 22.3 Å². The summed E-state index contributed by atoms with van der Waals surface area (Å²) in [5.74, 6) is -1.98. The summed E-state index contributed by atoms with van der Waals surface area (Å²) in [6.07, 6.45) is 1.08. The Morgan fingerprint density at radius 2 is 1.76 bits per heavy atom. The van der Waals surface area contributed by atoms with Crippen LogP contribution >= 0.6 is 0 Å². The minimum absolute atomic E-state index is 0.0216. The minimum Gasteiger partial charge on any atom is -0.480 e. The Morgan fingerprint density at radius 3 is 2.38 bits per heavy atom. The molecule has 4 rings (SSSR count). The molecule has 2 aromatic carbocycles. The highest BCUT2D eigenvalue weighted by atomic mass is 16.5. The molecule has 8 nitrogen and oxygen atoms in total. The van der Waals surface area contributed by atoms with Crippen LogP contribution in [0.4, 0.5) is 4.79 Å². The van der Waals surface area contributed by atoms with Gasteiger partial charge < -0.3 is 25.2 Å². The fraction of sp³-hybridized carbons (Fsp3) is 0.346. The van der Waals surface area contributed by atoms with Crippen molar-refractivity contribution >= 4 is 18.0 Å². The van der Waals surface area contributed by atoms with Gasteiger partial charge in [-0.1, -0.05) is 54.6 Å². The molecular weight excluding hydrogens is 436 g/mol. The average Bonchev–Trinajstić information content (AvgIpc) is 3.44. The van der Waals surface area contributed by atoms with Crippen LogP contribution < -0.4 is 10.6 Å². The van der Waals surface area contributed by atoms with Crippen LogP contribution in [-0.2, 0) is 19.1 Å². The maximum Gasteiger partial charge on any atom is 0.407 e. The summed E-state index contributed by atoms with van der Waals surface area (Å²) in [7, 11) is 0. The lowest BCUT2D eigenvalue weighted by Gasteiger charge is -2.16. The van der Waals surface area contributed by atoms with Crippen molar-refractivity contribution in [2.45, 2.75) is 30.9 Å². The fourth-order valence-corrected chi connectivity index (χ4v) is 4.55. The van der Waals surface area contributed by atoms with Crippen LogP contribution in [0.5, 0.6) is 0 Å². The Morgan fingerprint density at radius 1 is 1.12 bits per heavy atom. The lowest BCUT2D eigenvalue weighted by Crippen LogP contribution is -2.43. The smallest absolute Gasteiger partial charge is 0.407 e. The molecule has 3 N–H and O–H groups in total. The van der Waals surface area contributed by atoms with E-state index in [1.54, 1.807) is 0 Å². The zero-order valence-corrected chi connectivity index (χ0v) is 18.7. The van der Waals surface area contributed by atoms with Gasteiger partial charge in [0.05, 0.1) is 18.6 Å².